The molecule has 0 bridgehead atoms. The van der Waals surface area contributed by atoms with E-state index in [1.165, 1.54) is 18.2 Å². The molecule has 7 heteroatoms. The highest BCUT2D eigenvalue weighted by Gasteiger charge is 2.40. The lowest BCUT2D eigenvalue weighted by Gasteiger charge is -2.08. The van der Waals surface area contributed by atoms with Crippen LogP contribution in [0, 0.1) is 0 Å². The summed E-state index contributed by atoms with van der Waals surface area (Å²) in [7, 11) is 0. The molecule has 0 aliphatic heterocycles. The third kappa shape index (κ3) is 3.28. The second-order valence-corrected chi connectivity index (χ2v) is 2.66. The number of ketones is 1. The number of benzene rings is 1. The SMILES string of the molecule is Cl.O=C(c1ccccc1NCl)C(F)(F)F. The molecule has 1 rings (SSSR count). The normalized spacial score (nSPS) is 10.4. The molecule has 0 saturated heterocycles. The summed E-state index contributed by atoms with van der Waals surface area (Å²) in [6, 6.07) is 5.14. The summed E-state index contributed by atoms with van der Waals surface area (Å²) < 4.78 is 36.1. The number of halogens is 5. The molecule has 15 heavy (non-hydrogen) atoms. The monoisotopic (exact) mass is 259 g/mol. The van der Waals surface area contributed by atoms with E-state index in [9.17, 15) is 18.0 Å². The largest absolute Gasteiger partial charge is 0.454 e. The molecule has 0 fully saturated rings. The number of carbonyl (C=O) groups excluding carboxylic acids is 1. The van der Waals surface area contributed by atoms with Gasteiger partial charge >= 0.3 is 6.18 Å². The minimum absolute atomic E-state index is 0. The Morgan fingerprint density at radius 3 is 2.27 bits per heavy atom. The lowest BCUT2D eigenvalue weighted by Crippen LogP contribution is -2.23. The lowest BCUT2D eigenvalue weighted by atomic mass is 10.1. The van der Waals surface area contributed by atoms with Gasteiger partial charge in [-0.25, -0.2) is 0 Å². The Hall–Kier alpha value is -0.940. The number of hydrogen-bond donors (Lipinski definition) is 1. The summed E-state index contributed by atoms with van der Waals surface area (Å²) in [5.41, 5.74) is -0.550. The molecule has 0 radical (unpaired) electrons. The predicted octanol–water partition coefficient (Wildman–Crippen LogP) is 3.42. The third-order valence-corrected chi connectivity index (χ3v) is 1.73. The first kappa shape index (κ1) is 14.1. The molecule has 1 aromatic carbocycles. The second kappa shape index (κ2) is 5.23. The van der Waals surface area contributed by atoms with Gasteiger partial charge in [-0.15, -0.1) is 12.4 Å². The fraction of sp³-hybridized carbons (Fsp3) is 0.125. The van der Waals surface area contributed by atoms with Crippen LogP contribution in [0.3, 0.4) is 0 Å². The van der Waals surface area contributed by atoms with Crippen molar-refractivity contribution < 1.29 is 18.0 Å². The first-order valence-electron chi connectivity index (χ1n) is 3.54. The molecule has 0 aliphatic carbocycles. The minimum Gasteiger partial charge on any atom is -0.298 e. The van der Waals surface area contributed by atoms with Gasteiger partial charge in [-0.1, -0.05) is 12.1 Å². The van der Waals surface area contributed by atoms with E-state index in [0.717, 1.165) is 6.07 Å². The Balaban J connectivity index is 0.00000196. The van der Waals surface area contributed by atoms with E-state index in [0.29, 0.717) is 0 Å². The molecule has 1 aromatic rings. The van der Waals surface area contributed by atoms with E-state index in [1.54, 1.807) is 0 Å². The van der Waals surface area contributed by atoms with Crippen LogP contribution in [-0.2, 0) is 0 Å². The van der Waals surface area contributed by atoms with Crippen molar-refractivity contribution in [1.29, 1.82) is 0 Å². The summed E-state index contributed by atoms with van der Waals surface area (Å²) >= 11 is 5.16. The van der Waals surface area contributed by atoms with Crippen molar-refractivity contribution in [1.82, 2.24) is 0 Å². The Bertz CT molecular complexity index is 354. The van der Waals surface area contributed by atoms with E-state index in [-0.39, 0.29) is 18.1 Å². The molecular weight excluding hydrogens is 254 g/mol. The lowest BCUT2D eigenvalue weighted by molar-refractivity contribution is -0.0884. The molecule has 0 amide bonds. The molecule has 0 aromatic heterocycles. The summed E-state index contributed by atoms with van der Waals surface area (Å²) in [5.74, 6) is -1.92. The van der Waals surface area contributed by atoms with E-state index in [2.05, 4.69) is 0 Å². The van der Waals surface area contributed by atoms with Crippen molar-refractivity contribution in [3.05, 3.63) is 29.8 Å². The third-order valence-electron chi connectivity index (χ3n) is 1.53. The van der Waals surface area contributed by atoms with Gasteiger partial charge < -0.3 is 0 Å². The maximum Gasteiger partial charge on any atom is 0.454 e. The van der Waals surface area contributed by atoms with E-state index in [1.807, 2.05) is 4.84 Å². The average molecular weight is 260 g/mol. The summed E-state index contributed by atoms with van der Waals surface area (Å²) in [6.45, 7) is 0. The smallest absolute Gasteiger partial charge is 0.298 e. The predicted molar refractivity (Wildman–Crippen MR) is 53.6 cm³/mol. The number of rotatable bonds is 2. The van der Waals surface area contributed by atoms with Gasteiger partial charge in [-0.2, -0.15) is 13.2 Å². The molecule has 0 atom stereocenters. The van der Waals surface area contributed by atoms with Crippen LogP contribution in [0.2, 0.25) is 0 Å². The number of alkyl halides is 3. The highest BCUT2D eigenvalue weighted by molar-refractivity contribution is 6.25. The van der Waals surface area contributed by atoms with Crippen LogP contribution in [0.5, 0.6) is 0 Å². The molecule has 0 saturated carbocycles. The van der Waals surface area contributed by atoms with Crippen molar-refractivity contribution in [2.45, 2.75) is 6.18 Å². The van der Waals surface area contributed by atoms with Gasteiger partial charge in [0, 0.05) is 11.8 Å². The number of hydrogen-bond acceptors (Lipinski definition) is 2. The Morgan fingerprint density at radius 1 is 1.27 bits per heavy atom. The zero-order valence-corrected chi connectivity index (χ0v) is 8.71. The summed E-state index contributed by atoms with van der Waals surface area (Å²) in [5, 5.41) is 0. The van der Waals surface area contributed by atoms with Gasteiger partial charge in [0.2, 0.25) is 0 Å². The van der Waals surface area contributed by atoms with Gasteiger partial charge in [-0.3, -0.25) is 9.63 Å². The second-order valence-electron chi connectivity index (χ2n) is 2.47. The fourth-order valence-electron chi connectivity index (χ4n) is 0.916. The molecule has 0 unspecified atom stereocenters. The number of Topliss-reactive ketones (excluding diaryl/α,β-unsaturated/α-hetero) is 1. The summed E-state index contributed by atoms with van der Waals surface area (Å²) in [4.78, 5) is 12.8. The van der Waals surface area contributed by atoms with Crippen LogP contribution in [0.25, 0.3) is 0 Å². The van der Waals surface area contributed by atoms with Crippen LogP contribution in [0.15, 0.2) is 24.3 Å². The highest BCUT2D eigenvalue weighted by atomic mass is 35.5. The first-order chi connectivity index (χ1) is 6.46. The van der Waals surface area contributed by atoms with Crippen molar-refractivity contribution in [2.75, 3.05) is 4.84 Å². The van der Waals surface area contributed by atoms with Crippen LogP contribution in [0.1, 0.15) is 10.4 Å². The molecule has 2 nitrogen and oxygen atoms in total. The minimum atomic E-state index is -4.89. The van der Waals surface area contributed by atoms with Gasteiger partial charge in [0.25, 0.3) is 5.78 Å². The standard InChI is InChI=1S/C8H5ClF3NO.ClH/c9-13-6-4-2-1-3-5(6)7(14)8(10,11)12;/h1-4,13H;1H. The van der Waals surface area contributed by atoms with Gasteiger partial charge in [0.1, 0.15) is 0 Å². The molecule has 84 valence electrons. The van der Waals surface area contributed by atoms with Gasteiger partial charge in [0.05, 0.1) is 11.3 Å². The fourth-order valence-corrected chi connectivity index (χ4v) is 1.08. The topological polar surface area (TPSA) is 29.1 Å². The molecule has 0 spiro atoms. The van der Waals surface area contributed by atoms with Crippen molar-refractivity contribution in [3.8, 4) is 0 Å². The molecule has 0 aliphatic rings. The number of anilines is 1. The van der Waals surface area contributed by atoms with E-state index in [4.69, 9.17) is 11.8 Å². The van der Waals surface area contributed by atoms with Crippen molar-refractivity contribution in [3.63, 3.8) is 0 Å². The number of nitrogens with one attached hydrogen (secondary N) is 1. The van der Waals surface area contributed by atoms with Crippen LogP contribution >= 0.6 is 24.2 Å². The number of para-hydroxylation sites is 1. The van der Waals surface area contributed by atoms with Gasteiger partial charge in [-0.05, 0) is 12.1 Å². The van der Waals surface area contributed by atoms with Crippen LogP contribution < -0.4 is 4.84 Å². The highest BCUT2D eigenvalue weighted by Crippen LogP contribution is 2.26. The maximum absolute atomic E-state index is 12.0. The molecule has 1 N–H and O–H groups in total. The molecular formula is C8H6Cl2F3NO. The van der Waals surface area contributed by atoms with Gasteiger partial charge in [0.15, 0.2) is 0 Å². The maximum atomic E-state index is 12.0. The van der Waals surface area contributed by atoms with E-state index >= 15 is 0 Å². The zero-order valence-electron chi connectivity index (χ0n) is 7.14. The zero-order chi connectivity index (χ0) is 10.8. The van der Waals surface area contributed by atoms with Crippen molar-refractivity contribution in [2.24, 2.45) is 0 Å². The Labute approximate surface area is 94.9 Å². The van der Waals surface area contributed by atoms with Crippen LogP contribution in [-0.4, -0.2) is 12.0 Å². The van der Waals surface area contributed by atoms with Crippen LogP contribution in [0.4, 0.5) is 18.9 Å². The Morgan fingerprint density at radius 2 is 1.80 bits per heavy atom. The Kier molecular flexibility index (Phi) is 4.90. The number of carbonyl (C=O) groups is 1. The summed E-state index contributed by atoms with van der Waals surface area (Å²) in [6.07, 6.45) is -4.89. The quantitative estimate of drug-likeness (QED) is 0.652. The molecule has 0 heterocycles. The average Bonchev–Trinajstić information content (AvgIpc) is 2.15. The van der Waals surface area contributed by atoms with Crippen molar-refractivity contribution >= 4 is 35.7 Å². The first-order valence-corrected chi connectivity index (χ1v) is 3.92. The van der Waals surface area contributed by atoms with E-state index < -0.39 is 17.5 Å².